The third-order valence-corrected chi connectivity index (χ3v) is 4.49. The maximum absolute atomic E-state index is 11.3. The Balaban J connectivity index is 2.15. The van der Waals surface area contributed by atoms with E-state index in [1.807, 2.05) is 0 Å². The van der Waals surface area contributed by atoms with E-state index in [0.717, 1.165) is 0 Å². The van der Waals surface area contributed by atoms with Gasteiger partial charge in [-0.25, -0.2) is 8.42 Å². The number of hydrogen-bond donors (Lipinski definition) is 2. The lowest BCUT2D eigenvalue weighted by Crippen LogP contribution is -2.32. The fraction of sp³-hybridized carbons (Fsp3) is 0.364. The van der Waals surface area contributed by atoms with Crippen molar-refractivity contribution in [2.75, 3.05) is 16.8 Å². The molecule has 0 unspecified atom stereocenters. The Morgan fingerprint density at radius 2 is 2.11 bits per heavy atom. The third-order valence-electron chi connectivity index (χ3n) is 2.77. The van der Waals surface area contributed by atoms with Crippen LogP contribution in [-0.2, 0) is 9.84 Å². The molecule has 1 fully saturated rings. The van der Waals surface area contributed by atoms with Gasteiger partial charge in [0.15, 0.2) is 9.84 Å². The Kier molecular flexibility index (Phi) is 3.27. The van der Waals surface area contributed by atoms with Gasteiger partial charge in [-0.15, -0.1) is 0 Å². The van der Waals surface area contributed by atoms with Crippen molar-refractivity contribution >= 4 is 21.5 Å². The van der Waals surface area contributed by atoms with Gasteiger partial charge in [-0.2, -0.15) is 0 Å². The molecular weight excluding hydrogens is 258 g/mol. The average molecular weight is 270 g/mol. The number of aliphatic hydroxyl groups excluding tert-OH is 1. The number of carbonyl (C=O) groups is 1. The molecule has 18 heavy (non-hydrogen) atoms. The molecule has 0 radical (unpaired) electrons. The molecule has 7 heteroatoms. The molecule has 1 aliphatic heterocycles. The second-order valence-corrected chi connectivity index (χ2v) is 6.42. The summed E-state index contributed by atoms with van der Waals surface area (Å²) >= 11 is 0. The molecule has 0 saturated carbocycles. The lowest BCUT2D eigenvalue weighted by atomic mass is 10.1. The molecule has 2 N–H and O–H groups in total. The first-order valence-electron chi connectivity index (χ1n) is 5.34. The molecule has 1 aromatic rings. The minimum Gasteiger partial charge on any atom is -0.545 e. The van der Waals surface area contributed by atoms with Crippen LogP contribution in [-0.4, -0.2) is 43.1 Å². The van der Waals surface area contributed by atoms with Gasteiger partial charge in [0.05, 0.1) is 29.6 Å². The van der Waals surface area contributed by atoms with E-state index in [1.54, 1.807) is 6.07 Å². The van der Waals surface area contributed by atoms with Crippen molar-refractivity contribution in [2.24, 2.45) is 0 Å². The van der Waals surface area contributed by atoms with E-state index in [0.29, 0.717) is 5.69 Å². The van der Waals surface area contributed by atoms with Crippen molar-refractivity contribution < 1.29 is 23.4 Å². The quantitative estimate of drug-likeness (QED) is 0.701. The molecule has 0 aromatic heterocycles. The minimum absolute atomic E-state index is 0.00431. The second-order valence-electron chi connectivity index (χ2n) is 4.26. The fourth-order valence-corrected chi connectivity index (χ4v) is 3.66. The molecule has 0 spiro atoms. The lowest BCUT2D eigenvalue weighted by molar-refractivity contribution is -0.255. The van der Waals surface area contributed by atoms with E-state index >= 15 is 0 Å². The van der Waals surface area contributed by atoms with Gasteiger partial charge in [0.2, 0.25) is 0 Å². The average Bonchev–Trinajstić information content (AvgIpc) is 2.52. The number of carboxylic acid groups (broad SMARTS) is 1. The van der Waals surface area contributed by atoms with Gasteiger partial charge in [-0.1, -0.05) is 12.1 Å². The molecule has 1 aliphatic rings. The molecule has 2 rings (SSSR count). The van der Waals surface area contributed by atoms with Gasteiger partial charge in [0, 0.05) is 5.69 Å². The first kappa shape index (κ1) is 12.8. The molecule has 1 aromatic carbocycles. The first-order chi connectivity index (χ1) is 8.37. The molecule has 0 aliphatic carbocycles. The van der Waals surface area contributed by atoms with Gasteiger partial charge in [0.1, 0.15) is 0 Å². The van der Waals surface area contributed by atoms with Crippen LogP contribution in [0.15, 0.2) is 24.3 Å². The van der Waals surface area contributed by atoms with Crippen LogP contribution in [0.3, 0.4) is 0 Å². The van der Waals surface area contributed by atoms with Gasteiger partial charge >= 0.3 is 0 Å². The Morgan fingerprint density at radius 3 is 2.67 bits per heavy atom. The summed E-state index contributed by atoms with van der Waals surface area (Å²) in [5.41, 5.74) is 0.438. The van der Waals surface area contributed by atoms with Crippen LogP contribution < -0.4 is 10.4 Å². The zero-order valence-corrected chi connectivity index (χ0v) is 10.2. The number of rotatable bonds is 3. The van der Waals surface area contributed by atoms with E-state index in [9.17, 15) is 23.4 Å². The van der Waals surface area contributed by atoms with E-state index in [-0.39, 0.29) is 17.1 Å². The normalized spacial score (nSPS) is 25.8. The van der Waals surface area contributed by atoms with E-state index in [4.69, 9.17) is 0 Å². The highest BCUT2D eigenvalue weighted by atomic mass is 32.2. The summed E-state index contributed by atoms with van der Waals surface area (Å²) in [5.74, 6) is -1.74. The van der Waals surface area contributed by atoms with Gasteiger partial charge < -0.3 is 20.3 Å². The van der Waals surface area contributed by atoms with Crippen molar-refractivity contribution in [3.63, 3.8) is 0 Å². The van der Waals surface area contributed by atoms with Crippen LogP contribution in [0.1, 0.15) is 10.4 Å². The van der Waals surface area contributed by atoms with Crippen molar-refractivity contribution in [1.82, 2.24) is 0 Å². The number of sulfone groups is 1. The molecule has 2 atom stereocenters. The summed E-state index contributed by atoms with van der Waals surface area (Å²) in [6, 6.07) is 5.22. The van der Waals surface area contributed by atoms with E-state index in [2.05, 4.69) is 5.32 Å². The highest BCUT2D eigenvalue weighted by Gasteiger charge is 2.36. The highest BCUT2D eigenvalue weighted by Crippen LogP contribution is 2.18. The second kappa shape index (κ2) is 4.58. The molecule has 1 saturated heterocycles. The van der Waals surface area contributed by atoms with Crippen molar-refractivity contribution in [3.8, 4) is 0 Å². The molecule has 6 nitrogen and oxygen atoms in total. The zero-order chi connectivity index (χ0) is 13.3. The monoisotopic (exact) mass is 270 g/mol. The molecular formula is C11H12NO5S-. The van der Waals surface area contributed by atoms with Crippen LogP contribution in [0.2, 0.25) is 0 Å². The number of benzene rings is 1. The van der Waals surface area contributed by atoms with E-state index < -0.39 is 28.0 Å². The summed E-state index contributed by atoms with van der Waals surface area (Å²) in [6.07, 6.45) is -0.985. The number of aromatic carboxylic acids is 1. The van der Waals surface area contributed by atoms with Crippen molar-refractivity contribution in [1.29, 1.82) is 0 Å². The van der Waals surface area contributed by atoms with Gasteiger partial charge in [0.25, 0.3) is 0 Å². The largest absolute Gasteiger partial charge is 0.545 e. The first-order valence-corrected chi connectivity index (χ1v) is 7.16. The molecule has 0 amide bonds. The SMILES string of the molecule is O=C([O-])c1cccc(N[C@H]2CS(=O)(=O)C[C@@H]2O)c1. The predicted molar refractivity (Wildman–Crippen MR) is 62.8 cm³/mol. The Morgan fingerprint density at radius 1 is 1.39 bits per heavy atom. The van der Waals surface area contributed by atoms with Crippen molar-refractivity contribution in [3.05, 3.63) is 29.8 Å². The van der Waals surface area contributed by atoms with Gasteiger partial charge in [-0.05, 0) is 17.7 Å². The molecule has 1 heterocycles. The summed E-state index contributed by atoms with van der Waals surface area (Å²) in [6.45, 7) is 0. The lowest BCUT2D eigenvalue weighted by Gasteiger charge is -2.17. The molecule has 0 bridgehead atoms. The van der Waals surface area contributed by atoms with Crippen LogP contribution in [0.25, 0.3) is 0 Å². The number of nitrogens with one attached hydrogen (secondary N) is 1. The Labute approximate surface area is 104 Å². The number of carbonyl (C=O) groups excluding carboxylic acids is 1. The van der Waals surface area contributed by atoms with Crippen LogP contribution in [0, 0.1) is 0 Å². The number of anilines is 1. The van der Waals surface area contributed by atoms with Crippen LogP contribution in [0.4, 0.5) is 5.69 Å². The Hall–Kier alpha value is -1.60. The topological polar surface area (TPSA) is 107 Å². The predicted octanol–water partition coefficient (Wildman–Crippen LogP) is -1.38. The third kappa shape index (κ3) is 2.80. The summed E-state index contributed by atoms with van der Waals surface area (Å²) in [4.78, 5) is 10.7. The maximum Gasteiger partial charge on any atom is 0.155 e. The zero-order valence-electron chi connectivity index (χ0n) is 9.37. The fourth-order valence-electron chi connectivity index (χ4n) is 1.92. The maximum atomic E-state index is 11.3. The summed E-state index contributed by atoms with van der Waals surface area (Å²) < 4.78 is 22.6. The Bertz CT molecular complexity index is 569. The summed E-state index contributed by atoms with van der Waals surface area (Å²) in [7, 11) is -3.23. The molecule has 98 valence electrons. The smallest absolute Gasteiger partial charge is 0.155 e. The van der Waals surface area contributed by atoms with Crippen LogP contribution in [0.5, 0.6) is 0 Å². The number of aliphatic hydroxyl groups is 1. The van der Waals surface area contributed by atoms with Gasteiger partial charge in [-0.3, -0.25) is 0 Å². The van der Waals surface area contributed by atoms with E-state index in [1.165, 1.54) is 18.2 Å². The number of carboxylic acids is 1. The standard InChI is InChI=1S/C11H13NO5S/c13-10-6-18(16,17)5-9(10)12-8-3-1-2-7(4-8)11(14)15/h1-4,9-10,12-13H,5-6H2,(H,14,15)/p-1/t9-,10-/m0/s1. The minimum atomic E-state index is -3.23. The van der Waals surface area contributed by atoms with Crippen molar-refractivity contribution in [2.45, 2.75) is 12.1 Å². The van der Waals surface area contributed by atoms with Crippen LogP contribution >= 0.6 is 0 Å². The highest BCUT2D eigenvalue weighted by molar-refractivity contribution is 7.91. The number of hydrogen-bond acceptors (Lipinski definition) is 6. The summed E-state index contributed by atoms with van der Waals surface area (Å²) in [5, 5.41) is 23.1.